The third-order valence-electron chi connectivity index (χ3n) is 2.75. The van der Waals surface area contributed by atoms with Gasteiger partial charge in [0.1, 0.15) is 5.82 Å². The zero-order valence-electron chi connectivity index (χ0n) is 9.18. The monoisotopic (exact) mass is 221 g/mol. The molecule has 1 aromatic heterocycles. The maximum absolute atomic E-state index is 10.6. The van der Waals surface area contributed by atoms with Gasteiger partial charge in [0.2, 0.25) is 0 Å². The zero-order chi connectivity index (χ0) is 11.5. The second-order valence-corrected chi connectivity index (χ2v) is 4.13. The molecule has 0 radical (unpaired) electrons. The minimum atomic E-state index is -0.945. The first-order chi connectivity index (χ1) is 7.65. The highest BCUT2D eigenvalue weighted by atomic mass is 16.4. The molecule has 5 nitrogen and oxygen atoms in total. The lowest BCUT2D eigenvalue weighted by Crippen LogP contribution is -2.23. The van der Waals surface area contributed by atoms with E-state index in [1.54, 1.807) is 12.1 Å². The largest absolute Gasteiger partial charge is 0.478 e. The Balaban J connectivity index is 1.97. The van der Waals surface area contributed by atoms with Crippen LogP contribution in [0.2, 0.25) is 0 Å². The van der Waals surface area contributed by atoms with Gasteiger partial charge in [-0.15, -0.1) is 0 Å². The number of aromatic carboxylic acids is 1. The van der Waals surface area contributed by atoms with Crippen LogP contribution in [0.15, 0.2) is 18.3 Å². The number of nitrogens with one attached hydrogen (secondary N) is 1. The fraction of sp³-hybridized carbons (Fsp3) is 0.455. The highest BCUT2D eigenvalue weighted by Crippen LogP contribution is 2.13. The average molecular weight is 221 g/mol. The number of likely N-dealkylation sites (N-methyl/N-ethyl adjacent to an activating group) is 1. The summed E-state index contributed by atoms with van der Waals surface area (Å²) < 4.78 is 0. The average Bonchev–Trinajstić information content (AvgIpc) is 2.65. The van der Waals surface area contributed by atoms with Gasteiger partial charge < -0.3 is 15.3 Å². The molecular weight excluding hydrogens is 206 g/mol. The third kappa shape index (κ3) is 2.49. The highest BCUT2D eigenvalue weighted by Gasteiger charge is 2.19. The van der Waals surface area contributed by atoms with Gasteiger partial charge in [0.05, 0.1) is 5.56 Å². The van der Waals surface area contributed by atoms with E-state index in [4.69, 9.17) is 5.11 Å². The summed E-state index contributed by atoms with van der Waals surface area (Å²) in [7, 11) is 2.09. The van der Waals surface area contributed by atoms with Crippen molar-refractivity contribution in [2.75, 3.05) is 25.5 Å². The van der Waals surface area contributed by atoms with Crippen molar-refractivity contribution >= 4 is 11.8 Å². The van der Waals surface area contributed by atoms with Crippen LogP contribution >= 0.6 is 0 Å². The summed E-state index contributed by atoms with van der Waals surface area (Å²) in [4.78, 5) is 17.0. The molecule has 86 valence electrons. The van der Waals surface area contributed by atoms with Crippen LogP contribution in [0.1, 0.15) is 16.8 Å². The number of nitrogens with zero attached hydrogens (tertiary/aromatic N) is 2. The lowest BCUT2D eigenvalue weighted by Gasteiger charge is -2.13. The van der Waals surface area contributed by atoms with E-state index >= 15 is 0 Å². The Kier molecular flexibility index (Phi) is 3.05. The number of likely N-dealkylation sites (tertiary alicyclic amines) is 1. The first-order valence-electron chi connectivity index (χ1n) is 5.29. The number of rotatable bonds is 3. The smallest absolute Gasteiger partial charge is 0.337 e. The predicted octanol–water partition coefficient (Wildman–Crippen LogP) is 0.896. The molecule has 1 aliphatic heterocycles. The number of hydrogen-bond acceptors (Lipinski definition) is 4. The molecule has 0 spiro atoms. The summed E-state index contributed by atoms with van der Waals surface area (Å²) >= 11 is 0. The Morgan fingerprint density at radius 2 is 2.44 bits per heavy atom. The summed E-state index contributed by atoms with van der Waals surface area (Å²) in [5, 5.41) is 12.0. The maximum Gasteiger partial charge on any atom is 0.337 e. The molecule has 1 aliphatic rings. The molecular formula is C11H15N3O2. The van der Waals surface area contributed by atoms with E-state index in [2.05, 4.69) is 22.2 Å². The maximum atomic E-state index is 10.6. The van der Waals surface area contributed by atoms with Crippen LogP contribution in [0.4, 0.5) is 5.82 Å². The van der Waals surface area contributed by atoms with Crippen molar-refractivity contribution in [1.82, 2.24) is 9.88 Å². The molecule has 1 atom stereocenters. The van der Waals surface area contributed by atoms with Gasteiger partial charge in [-0.1, -0.05) is 0 Å². The van der Waals surface area contributed by atoms with E-state index in [0.29, 0.717) is 6.04 Å². The van der Waals surface area contributed by atoms with Crippen LogP contribution in [-0.2, 0) is 0 Å². The van der Waals surface area contributed by atoms with Crippen LogP contribution in [0.5, 0.6) is 0 Å². The molecule has 0 bridgehead atoms. The molecule has 5 heteroatoms. The highest BCUT2D eigenvalue weighted by molar-refractivity contribution is 5.87. The van der Waals surface area contributed by atoms with Gasteiger partial charge in [-0.25, -0.2) is 9.78 Å². The Morgan fingerprint density at radius 1 is 1.62 bits per heavy atom. The Bertz CT molecular complexity index is 377. The Morgan fingerprint density at radius 3 is 2.94 bits per heavy atom. The van der Waals surface area contributed by atoms with Crippen molar-refractivity contribution in [3.05, 3.63) is 23.9 Å². The Labute approximate surface area is 94.1 Å². The van der Waals surface area contributed by atoms with Gasteiger partial charge in [-0.05, 0) is 32.1 Å². The summed E-state index contributed by atoms with van der Waals surface area (Å²) in [6.07, 6.45) is 2.47. The molecule has 1 fully saturated rings. The van der Waals surface area contributed by atoms with Gasteiger partial charge in [0.15, 0.2) is 0 Å². The van der Waals surface area contributed by atoms with E-state index < -0.39 is 5.97 Å². The van der Waals surface area contributed by atoms with E-state index in [-0.39, 0.29) is 5.56 Å². The zero-order valence-corrected chi connectivity index (χ0v) is 9.18. The lowest BCUT2D eigenvalue weighted by atomic mass is 10.2. The number of carboxylic acid groups (broad SMARTS) is 1. The summed E-state index contributed by atoms with van der Waals surface area (Å²) in [5.41, 5.74) is 0.217. The van der Waals surface area contributed by atoms with Crippen molar-refractivity contribution < 1.29 is 9.90 Å². The minimum Gasteiger partial charge on any atom is -0.478 e. The van der Waals surface area contributed by atoms with Gasteiger partial charge in [-0.3, -0.25) is 0 Å². The van der Waals surface area contributed by atoms with Crippen LogP contribution in [0.25, 0.3) is 0 Å². The van der Waals surface area contributed by atoms with Crippen molar-refractivity contribution in [3.8, 4) is 0 Å². The molecule has 2 rings (SSSR count). The second kappa shape index (κ2) is 4.49. The molecule has 1 saturated heterocycles. The molecule has 0 saturated carbocycles. The van der Waals surface area contributed by atoms with Gasteiger partial charge >= 0.3 is 5.97 Å². The topological polar surface area (TPSA) is 65.5 Å². The van der Waals surface area contributed by atoms with Crippen LogP contribution < -0.4 is 5.32 Å². The van der Waals surface area contributed by atoms with Gasteiger partial charge in [0, 0.05) is 18.8 Å². The lowest BCUT2D eigenvalue weighted by molar-refractivity contribution is 0.0696. The van der Waals surface area contributed by atoms with Crippen LogP contribution in [-0.4, -0.2) is 47.1 Å². The number of aromatic nitrogens is 1. The molecule has 2 heterocycles. The minimum absolute atomic E-state index is 0.217. The number of carbonyl (C=O) groups is 1. The molecule has 0 amide bonds. The quantitative estimate of drug-likeness (QED) is 0.793. The Hall–Kier alpha value is -1.62. The van der Waals surface area contributed by atoms with Crippen molar-refractivity contribution in [2.24, 2.45) is 0 Å². The fourth-order valence-corrected chi connectivity index (χ4v) is 1.87. The van der Waals surface area contributed by atoms with Gasteiger partial charge in [-0.2, -0.15) is 0 Å². The number of anilines is 1. The normalized spacial score (nSPS) is 20.9. The van der Waals surface area contributed by atoms with Gasteiger partial charge in [0.25, 0.3) is 0 Å². The van der Waals surface area contributed by atoms with Crippen molar-refractivity contribution in [2.45, 2.75) is 12.5 Å². The summed E-state index contributed by atoms with van der Waals surface area (Å²) in [6, 6.07) is 3.69. The molecule has 0 aromatic carbocycles. The number of pyridine rings is 1. The summed E-state index contributed by atoms with van der Waals surface area (Å²) in [6.45, 7) is 2.09. The molecule has 0 aliphatic carbocycles. The first-order valence-corrected chi connectivity index (χ1v) is 5.29. The fourth-order valence-electron chi connectivity index (χ4n) is 1.87. The molecule has 1 unspecified atom stereocenters. The second-order valence-electron chi connectivity index (χ2n) is 4.13. The van der Waals surface area contributed by atoms with Crippen LogP contribution in [0, 0.1) is 0 Å². The van der Waals surface area contributed by atoms with Crippen molar-refractivity contribution in [3.63, 3.8) is 0 Å². The first kappa shape index (κ1) is 10.9. The molecule has 2 N–H and O–H groups in total. The number of hydrogen-bond donors (Lipinski definition) is 2. The van der Waals surface area contributed by atoms with Crippen molar-refractivity contribution in [1.29, 1.82) is 0 Å². The molecule has 1 aromatic rings. The predicted molar refractivity (Wildman–Crippen MR) is 60.7 cm³/mol. The third-order valence-corrected chi connectivity index (χ3v) is 2.75. The molecule has 16 heavy (non-hydrogen) atoms. The SMILES string of the molecule is CN1CCC(Nc2ccc(C(=O)O)cn2)C1. The number of carboxylic acids is 1. The van der Waals surface area contributed by atoms with E-state index in [0.717, 1.165) is 25.3 Å². The standard InChI is InChI=1S/C11H15N3O2/c1-14-5-4-9(7-14)13-10-3-2-8(6-12-10)11(15)16/h2-3,6,9H,4-5,7H2,1H3,(H,12,13)(H,15,16). The van der Waals surface area contributed by atoms with Crippen LogP contribution in [0.3, 0.4) is 0 Å². The summed E-state index contributed by atoms with van der Waals surface area (Å²) in [5.74, 6) is -0.204. The van der Waals surface area contributed by atoms with E-state index in [9.17, 15) is 4.79 Å². The van der Waals surface area contributed by atoms with E-state index in [1.807, 2.05) is 0 Å². The van der Waals surface area contributed by atoms with E-state index in [1.165, 1.54) is 6.20 Å².